The number of carbonyl (C=O) groups is 2. The van der Waals surface area contributed by atoms with Gasteiger partial charge in [0.05, 0.1) is 18.4 Å². The second-order valence-electron chi connectivity index (χ2n) is 8.78. The molecule has 0 atom stereocenters. The van der Waals surface area contributed by atoms with E-state index in [4.69, 9.17) is 0 Å². The summed E-state index contributed by atoms with van der Waals surface area (Å²) in [5, 5.41) is 6.22. The monoisotopic (exact) mass is 447 g/mol. The van der Waals surface area contributed by atoms with Crippen molar-refractivity contribution in [3.63, 3.8) is 0 Å². The Morgan fingerprint density at radius 3 is 2.32 bits per heavy atom. The molecule has 0 saturated carbocycles. The summed E-state index contributed by atoms with van der Waals surface area (Å²) in [5.41, 5.74) is 10.2. The minimum Gasteiger partial charge on any atom is -0.303 e. The van der Waals surface area contributed by atoms with Crippen LogP contribution in [0.4, 0.5) is 5.69 Å². The van der Waals surface area contributed by atoms with Gasteiger partial charge in [0.1, 0.15) is 0 Å². The van der Waals surface area contributed by atoms with E-state index in [0.717, 1.165) is 44.3 Å². The van der Waals surface area contributed by atoms with Crippen molar-refractivity contribution in [1.82, 2.24) is 5.43 Å². The first kappa shape index (κ1) is 21.6. The molecule has 2 amide bonds. The maximum Gasteiger partial charge on any atom is 0.271 e. The number of amides is 2. The lowest BCUT2D eigenvalue weighted by Gasteiger charge is -2.18. The van der Waals surface area contributed by atoms with Gasteiger partial charge in [0.2, 0.25) is 0 Å². The number of aryl methyl sites for hydroxylation is 3. The lowest BCUT2D eigenvalue weighted by atomic mass is 10.0. The number of anilines is 1. The number of nitrogens with zero attached hydrogens (tertiary/aromatic N) is 2. The molecular formula is C29H25N3O2. The van der Waals surface area contributed by atoms with Crippen LogP contribution < -0.4 is 10.3 Å². The first-order chi connectivity index (χ1) is 16.4. The predicted octanol–water partition coefficient (Wildman–Crippen LogP) is 5.69. The second kappa shape index (κ2) is 8.60. The van der Waals surface area contributed by atoms with Crippen molar-refractivity contribution in [3.8, 4) is 0 Å². The Morgan fingerprint density at radius 1 is 0.941 bits per heavy atom. The summed E-state index contributed by atoms with van der Waals surface area (Å²) < 4.78 is 0. The van der Waals surface area contributed by atoms with Gasteiger partial charge in [-0.1, -0.05) is 54.1 Å². The molecule has 1 aliphatic heterocycles. The number of hydrazone groups is 1. The van der Waals surface area contributed by atoms with Crippen molar-refractivity contribution in [2.75, 3.05) is 4.90 Å². The molecular weight excluding hydrogens is 422 g/mol. The Hall–Kier alpha value is -4.25. The van der Waals surface area contributed by atoms with Crippen molar-refractivity contribution >= 4 is 34.5 Å². The number of benzene rings is 4. The standard InChI is InChI=1S/C29H25N3O2/c1-18-14-19(2)25(20(3)15-18)16-30-31-28(33)23-12-10-21(11-13-23)17-32-26-9-5-7-22-6-4-8-24(27(22)26)29(32)34/h4-16H,17H2,1-3H3,(H,31,33). The molecule has 0 fully saturated rings. The van der Waals surface area contributed by atoms with E-state index in [0.29, 0.717) is 12.1 Å². The average molecular weight is 448 g/mol. The zero-order valence-corrected chi connectivity index (χ0v) is 19.4. The average Bonchev–Trinajstić information content (AvgIpc) is 3.09. The molecule has 4 aromatic carbocycles. The molecule has 0 radical (unpaired) electrons. The Bertz CT molecular complexity index is 1440. The summed E-state index contributed by atoms with van der Waals surface area (Å²) in [6, 6.07) is 23.3. The van der Waals surface area contributed by atoms with Crippen molar-refractivity contribution in [3.05, 3.63) is 112 Å². The van der Waals surface area contributed by atoms with Crippen LogP contribution in [0.15, 0.2) is 77.9 Å². The highest BCUT2D eigenvalue weighted by Gasteiger charge is 2.29. The first-order valence-electron chi connectivity index (χ1n) is 11.3. The van der Waals surface area contributed by atoms with Crippen LogP contribution in [0.1, 0.15) is 48.5 Å². The fraction of sp³-hybridized carbons (Fsp3) is 0.138. The van der Waals surface area contributed by atoms with Crippen LogP contribution in [0.3, 0.4) is 0 Å². The molecule has 4 aromatic rings. The molecule has 0 aliphatic carbocycles. The zero-order chi connectivity index (χ0) is 23.8. The number of nitrogens with one attached hydrogen (secondary N) is 1. The van der Waals surface area contributed by atoms with Crippen LogP contribution in [-0.2, 0) is 6.54 Å². The molecule has 0 bridgehead atoms. The third-order valence-electron chi connectivity index (χ3n) is 6.30. The van der Waals surface area contributed by atoms with Gasteiger partial charge >= 0.3 is 0 Å². The maximum atomic E-state index is 13.0. The largest absolute Gasteiger partial charge is 0.303 e. The van der Waals surface area contributed by atoms with E-state index in [1.165, 1.54) is 5.56 Å². The highest BCUT2D eigenvalue weighted by atomic mass is 16.2. The van der Waals surface area contributed by atoms with Gasteiger partial charge < -0.3 is 4.90 Å². The first-order valence-corrected chi connectivity index (χ1v) is 11.3. The van der Waals surface area contributed by atoms with E-state index >= 15 is 0 Å². The van der Waals surface area contributed by atoms with Crippen molar-refractivity contribution in [2.45, 2.75) is 27.3 Å². The van der Waals surface area contributed by atoms with Gasteiger partial charge in [-0.3, -0.25) is 9.59 Å². The summed E-state index contributed by atoms with van der Waals surface area (Å²) >= 11 is 0. The van der Waals surface area contributed by atoms with Crippen LogP contribution in [-0.4, -0.2) is 18.0 Å². The summed E-state index contributed by atoms with van der Waals surface area (Å²) in [6.07, 6.45) is 1.69. The van der Waals surface area contributed by atoms with Crippen LogP contribution in [0.2, 0.25) is 0 Å². The number of rotatable bonds is 5. The summed E-state index contributed by atoms with van der Waals surface area (Å²) in [7, 11) is 0. The number of hydrogen-bond donors (Lipinski definition) is 1. The van der Waals surface area contributed by atoms with Crippen molar-refractivity contribution in [2.24, 2.45) is 5.10 Å². The van der Waals surface area contributed by atoms with Crippen LogP contribution in [0.25, 0.3) is 10.8 Å². The lowest BCUT2D eigenvalue weighted by Crippen LogP contribution is -2.26. The highest BCUT2D eigenvalue weighted by Crippen LogP contribution is 2.37. The third-order valence-corrected chi connectivity index (χ3v) is 6.30. The topological polar surface area (TPSA) is 61.8 Å². The lowest BCUT2D eigenvalue weighted by molar-refractivity contribution is 0.0953. The molecule has 168 valence electrons. The predicted molar refractivity (Wildman–Crippen MR) is 137 cm³/mol. The second-order valence-corrected chi connectivity index (χ2v) is 8.78. The van der Waals surface area contributed by atoms with E-state index in [9.17, 15) is 9.59 Å². The maximum absolute atomic E-state index is 13.0. The van der Waals surface area contributed by atoms with Crippen molar-refractivity contribution in [1.29, 1.82) is 0 Å². The van der Waals surface area contributed by atoms with E-state index < -0.39 is 0 Å². The molecule has 1 heterocycles. The normalized spacial score (nSPS) is 12.7. The summed E-state index contributed by atoms with van der Waals surface area (Å²) in [4.78, 5) is 27.4. The molecule has 0 spiro atoms. The van der Waals surface area contributed by atoms with Gasteiger partial charge in [-0.25, -0.2) is 5.43 Å². The van der Waals surface area contributed by atoms with Gasteiger partial charge in [-0.15, -0.1) is 0 Å². The Morgan fingerprint density at radius 2 is 1.62 bits per heavy atom. The van der Waals surface area contributed by atoms with E-state index in [-0.39, 0.29) is 11.8 Å². The zero-order valence-electron chi connectivity index (χ0n) is 19.4. The minimum atomic E-state index is -0.278. The molecule has 5 nitrogen and oxygen atoms in total. The molecule has 1 N–H and O–H groups in total. The van der Waals surface area contributed by atoms with Crippen LogP contribution >= 0.6 is 0 Å². The Balaban J connectivity index is 1.28. The highest BCUT2D eigenvalue weighted by molar-refractivity contribution is 6.24. The van der Waals surface area contributed by atoms with E-state index in [1.54, 1.807) is 23.2 Å². The van der Waals surface area contributed by atoms with Gasteiger partial charge in [0.15, 0.2) is 0 Å². The summed E-state index contributed by atoms with van der Waals surface area (Å²) in [6.45, 7) is 6.57. The van der Waals surface area contributed by atoms with Crippen LogP contribution in [0, 0.1) is 20.8 Å². The summed E-state index contributed by atoms with van der Waals surface area (Å²) in [5.74, 6) is -0.274. The van der Waals surface area contributed by atoms with Crippen LogP contribution in [0.5, 0.6) is 0 Å². The molecule has 34 heavy (non-hydrogen) atoms. The molecule has 0 aromatic heterocycles. The van der Waals surface area contributed by atoms with Gasteiger partial charge in [-0.05, 0) is 67.1 Å². The van der Waals surface area contributed by atoms with Gasteiger partial charge in [0, 0.05) is 22.1 Å². The molecule has 1 aliphatic rings. The molecule has 0 unspecified atom stereocenters. The third kappa shape index (κ3) is 3.86. The Labute approximate surface area is 198 Å². The fourth-order valence-electron chi connectivity index (χ4n) is 4.70. The quantitative estimate of drug-likeness (QED) is 0.316. The smallest absolute Gasteiger partial charge is 0.271 e. The Kier molecular flexibility index (Phi) is 5.46. The van der Waals surface area contributed by atoms with Crippen molar-refractivity contribution < 1.29 is 9.59 Å². The number of hydrogen-bond acceptors (Lipinski definition) is 3. The van der Waals surface area contributed by atoms with Gasteiger partial charge in [-0.2, -0.15) is 5.10 Å². The van der Waals surface area contributed by atoms with E-state index in [2.05, 4.69) is 29.6 Å². The number of carbonyl (C=O) groups excluding carboxylic acids is 2. The van der Waals surface area contributed by atoms with Gasteiger partial charge in [0.25, 0.3) is 11.8 Å². The SMILES string of the molecule is Cc1cc(C)c(C=NNC(=O)c2ccc(CN3C(=O)c4cccc5cccc3c45)cc2)c(C)c1. The van der Waals surface area contributed by atoms with E-state index in [1.807, 2.05) is 62.4 Å². The molecule has 0 saturated heterocycles. The minimum absolute atomic E-state index is 0.00430. The molecule has 5 rings (SSSR count). The fourth-order valence-corrected chi connectivity index (χ4v) is 4.70. The molecule has 5 heteroatoms.